The summed E-state index contributed by atoms with van der Waals surface area (Å²) in [4.78, 5) is 0. The van der Waals surface area contributed by atoms with E-state index in [-0.39, 0.29) is 35.1 Å². The second-order valence-corrected chi connectivity index (χ2v) is 6.62. The summed E-state index contributed by atoms with van der Waals surface area (Å²) in [5.41, 5.74) is 3.21. The van der Waals surface area contributed by atoms with Crippen LogP contribution in [-0.2, 0) is 4.74 Å². The number of hydrogen-bond acceptors (Lipinski definition) is 3. The van der Waals surface area contributed by atoms with Gasteiger partial charge in [0.05, 0.1) is 23.3 Å². The van der Waals surface area contributed by atoms with Gasteiger partial charge in [0.15, 0.2) is 0 Å². The van der Waals surface area contributed by atoms with E-state index in [1.165, 1.54) is 0 Å². The first kappa shape index (κ1) is 16.2. The molecule has 0 radical (unpaired) electrons. The van der Waals surface area contributed by atoms with Gasteiger partial charge in [-0.15, -0.1) is 0 Å². The Morgan fingerprint density at radius 3 is 2.50 bits per heavy atom. The van der Waals surface area contributed by atoms with Crippen LogP contribution in [0, 0.1) is 17.7 Å². The number of nitrogens with two attached hydrogens (primary N) is 1. The molecule has 3 N–H and O–H groups in total. The summed E-state index contributed by atoms with van der Waals surface area (Å²) >= 11 is 9.19. The molecule has 5 atom stereocenters. The minimum Gasteiger partial charge on any atom is -0.375 e. The molecule has 20 heavy (non-hydrogen) atoms. The summed E-state index contributed by atoms with van der Waals surface area (Å²) in [5, 5.41) is 0.0787. The number of nitrogens with one attached hydrogen (secondary N) is 1. The summed E-state index contributed by atoms with van der Waals surface area (Å²) in [7, 11) is 0. The molecule has 0 bridgehead atoms. The average molecular weight is 366 g/mol. The van der Waals surface area contributed by atoms with Gasteiger partial charge in [0.1, 0.15) is 5.82 Å². The molecule has 1 saturated heterocycles. The van der Waals surface area contributed by atoms with Crippen molar-refractivity contribution in [3.05, 3.63) is 33.0 Å². The lowest BCUT2D eigenvalue weighted by Gasteiger charge is -2.29. The quantitative estimate of drug-likeness (QED) is 0.486. The normalized spacial score (nSPS) is 31.6. The molecule has 3 nitrogen and oxygen atoms in total. The third-order valence-corrected chi connectivity index (χ3v) is 5.54. The molecule has 0 aromatic heterocycles. The van der Waals surface area contributed by atoms with Crippen LogP contribution in [0.15, 0.2) is 16.6 Å². The van der Waals surface area contributed by atoms with Gasteiger partial charge in [-0.1, -0.05) is 24.6 Å². The van der Waals surface area contributed by atoms with E-state index in [1.807, 2.05) is 13.8 Å². The zero-order valence-electron chi connectivity index (χ0n) is 11.7. The molecule has 112 valence electrons. The van der Waals surface area contributed by atoms with Gasteiger partial charge in [0.25, 0.3) is 0 Å². The zero-order chi connectivity index (χ0) is 15.0. The Morgan fingerprint density at radius 2 is 2.00 bits per heavy atom. The first-order chi connectivity index (χ1) is 9.38. The molecule has 1 aromatic rings. The number of halogens is 3. The first-order valence-electron chi connectivity index (χ1n) is 6.63. The second-order valence-electron chi connectivity index (χ2n) is 5.39. The van der Waals surface area contributed by atoms with Crippen molar-refractivity contribution in [3.63, 3.8) is 0 Å². The van der Waals surface area contributed by atoms with Crippen LogP contribution in [0.1, 0.15) is 32.4 Å². The highest BCUT2D eigenvalue weighted by Crippen LogP contribution is 2.42. The van der Waals surface area contributed by atoms with E-state index in [4.69, 9.17) is 22.2 Å². The molecule has 1 heterocycles. The first-order valence-corrected chi connectivity index (χ1v) is 7.80. The maximum Gasteiger partial charge on any atom is 0.147 e. The van der Waals surface area contributed by atoms with E-state index >= 15 is 0 Å². The number of ether oxygens (including phenoxy) is 1. The van der Waals surface area contributed by atoms with Crippen molar-refractivity contribution in [3.8, 4) is 0 Å². The highest BCUT2D eigenvalue weighted by molar-refractivity contribution is 9.10. The van der Waals surface area contributed by atoms with Crippen molar-refractivity contribution in [2.45, 2.75) is 39.0 Å². The van der Waals surface area contributed by atoms with Crippen LogP contribution in [0.5, 0.6) is 0 Å². The molecule has 0 spiro atoms. The van der Waals surface area contributed by atoms with Crippen molar-refractivity contribution in [2.24, 2.45) is 17.7 Å². The molecular formula is C14H19BrClFN2O. The van der Waals surface area contributed by atoms with E-state index in [0.717, 1.165) is 0 Å². The average Bonchev–Trinajstić information content (AvgIpc) is 2.65. The summed E-state index contributed by atoms with van der Waals surface area (Å²) in [6.45, 7) is 6.12. The van der Waals surface area contributed by atoms with Crippen molar-refractivity contribution in [1.82, 2.24) is 5.43 Å². The Balaban J connectivity index is 2.41. The van der Waals surface area contributed by atoms with Crippen molar-refractivity contribution >= 4 is 27.5 Å². The lowest BCUT2D eigenvalue weighted by Crippen LogP contribution is -2.39. The predicted molar refractivity (Wildman–Crippen MR) is 81.8 cm³/mol. The van der Waals surface area contributed by atoms with E-state index < -0.39 is 5.82 Å². The maximum absolute atomic E-state index is 14.4. The Hall–Kier alpha value is -0.200. The van der Waals surface area contributed by atoms with Gasteiger partial charge in [-0.25, -0.2) is 4.39 Å². The minimum absolute atomic E-state index is 0.00266. The third-order valence-electron chi connectivity index (χ3n) is 4.28. The molecule has 1 aliphatic heterocycles. The van der Waals surface area contributed by atoms with Crippen molar-refractivity contribution < 1.29 is 9.13 Å². The standard InChI is InChI=1S/C14H19BrClFN2O/c1-6-7(2)20-8(3)11(6)14(19-18)9-4-5-10(15)12(16)13(9)17/h4-8,11,14,19H,18H2,1-3H3. The topological polar surface area (TPSA) is 47.3 Å². The molecule has 1 fully saturated rings. The van der Waals surface area contributed by atoms with E-state index in [9.17, 15) is 4.39 Å². The lowest BCUT2D eigenvalue weighted by molar-refractivity contribution is 0.0473. The molecule has 0 amide bonds. The Labute approximate surface area is 132 Å². The second kappa shape index (κ2) is 6.28. The molecule has 2 rings (SSSR count). The van der Waals surface area contributed by atoms with Gasteiger partial charge >= 0.3 is 0 Å². The van der Waals surface area contributed by atoms with E-state index in [1.54, 1.807) is 12.1 Å². The fourth-order valence-electron chi connectivity index (χ4n) is 3.06. The lowest BCUT2D eigenvalue weighted by atomic mass is 9.80. The largest absolute Gasteiger partial charge is 0.375 e. The zero-order valence-corrected chi connectivity index (χ0v) is 14.0. The summed E-state index contributed by atoms with van der Waals surface area (Å²) in [6.07, 6.45) is 0.128. The molecule has 5 unspecified atom stereocenters. The minimum atomic E-state index is -0.442. The summed E-state index contributed by atoms with van der Waals surface area (Å²) < 4.78 is 20.8. The monoisotopic (exact) mass is 364 g/mol. The van der Waals surface area contributed by atoms with Crippen LogP contribution >= 0.6 is 27.5 Å². The SMILES string of the molecule is CC1OC(C)C(C(NN)c2ccc(Br)c(Cl)c2F)C1C. The molecule has 6 heteroatoms. The highest BCUT2D eigenvalue weighted by atomic mass is 79.9. The van der Waals surface area contributed by atoms with Gasteiger partial charge in [0, 0.05) is 16.0 Å². The van der Waals surface area contributed by atoms with Gasteiger partial charge < -0.3 is 4.74 Å². The van der Waals surface area contributed by atoms with Crippen molar-refractivity contribution in [2.75, 3.05) is 0 Å². The third kappa shape index (κ3) is 2.74. The number of benzene rings is 1. The van der Waals surface area contributed by atoms with Crippen LogP contribution < -0.4 is 11.3 Å². The fraction of sp³-hybridized carbons (Fsp3) is 0.571. The van der Waals surface area contributed by atoms with Crippen LogP contribution in [0.2, 0.25) is 5.02 Å². The summed E-state index contributed by atoms with van der Waals surface area (Å²) in [5.74, 6) is 5.60. The van der Waals surface area contributed by atoms with Crippen LogP contribution in [0.4, 0.5) is 4.39 Å². The molecule has 1 aromatic carbocycles. The smallest absolute Gasteiger partial charge is 0.147 e. The van der Waals surface area contributed by atoms with Crippen LogP contribution in [0.3, 0.4) is 0 Å². The van der Waals surface area contributed by atoms with E-state index in [0.29, 0.717) is 10.0 Å². The Bertz CT molecular complexity index is 502. The van der Waals surface area contributed by atoms with Crippen molar-refractivity contribution in [1.29, 1.82) is 0 Å². The Kier molecular flexibility index (Phi) is 5.08. The van der Waals surface area contributed by atoms with Gasteiger partial charge in [-0.05, 0) is 41.8 Å². The number of hydrazine groups is 1. The van der Waals surface area contributed by atoms with Crippen LogP contribution in [-0.4, -0.2) is 12.2 Å². The number of rotatable bonds is 3. The summed E-state index contributed by atoms with van der Waals surface area (Å²) in [6, 6.07) is 3.10. The number of hydrogen-bond donors (Lipinski definition) is 2. The molecular weight excluding hydrogens is 347 g/mol. The Morgan fingerprint density at radius 1 is 1.35 bits per heavy atom. The maximum atomic E-state index is 14.4. The van der Waals surface area contributed by atoms with Gasteiger partial charge in [-0.3, -0.25) is 11.3 Å². The molecule has 0 aliphatic carbocycles. The predicted octanol–water partition coefficient (Wildman–Crippen LogP) is 3.81. The fourth-order valence-corrected chi connectivity index (χ4v) is 3.54. The molecule has 0 saturated carbocycles. The highest BCUT2D eigenvalue weighted by Gasteiger charge is 2.42. The molecule has 1 aliphatic rings. The van der Waals surface area contributed by atoms with Crippen LogP contribution in [0.25, 0.3) is 0 Å². The van der Waals surface area contributed by atoms with E-state index in [2.05, 4.69) is 28.3 Å². The van der Waals surface area contributed by atoms with Gasteiger partial charge in [-0.2, -0.15) is 0 Å². The van der Waals surface area contributed by atoms with Gasteiger partial charge in [0.2, 0.25) is 0 Å².